The van der Waals surface area contributed by atoms with Gasteiger partial charge in [-0.2, -0.15) is 11.8 Å². The SMILES string of the molecule is O=S(=O)(NCCSCCCO)c1c(Cl)nc2ccccn12. The molecular formula is C12H16ClN3O3S2. The van der Waals surface area contributed by atoms with Crippen LogP contribution in [0.25, 0.3) is 5.65 Å². The molecule has 0 radical (unpaired) electrons. The lowest BCUT2D eigenvalue weighted by atomic mass is 10.5. The predicted octanol–water partition coefficient (Wildman–Crippen LogP) is 1.38. The number of aliphatic hydroxyl groups is 1. The van der Waals surface area contributed by atoms with Crippen LogP contribution in [0.2, 0.25) is 5.15 Å². The van der Waals surface area contributed by atoms with Crippen molar-refractivity contribution in [2.45, 2.75) is 11.4 Å². The Kier molecular flexibility index (Phi) is 5.88. The Morgan fingerprint density at radius 3 is 2.95 bits per heavy atom. The summed E-state index contributed by atoms with van der Waals surface area (Å²) >= 11 is 7.53. The summed E-state index contributed by atoms with van der Waals surface area (Å²) in [7, 11) is -3.71. The number of pyridine rings is 1. The van der Waals surface area contributed by atoms with E-state index in [2.05, 4.69) is 9.71 Å². The van der Waals surface area contributed by atoms with E-state index in [0.29, 0.717) is 24.4 Å². The van der Waals surface area contributed by atoms with E-state index in [9.17, 15) is 8.42 Å². The second-order valence-corrected chi connectivity index (χ2v) is 7.49. The minimum atomic E-state index is -3.71. The molecule has 0 saturated heterocycles. The highest BCUT2D eigenvalue weighted by Gasteiger charge is 2.23. The minimum Gasteiger partial charge on any atom is -0.396 e. The Labute approximate surface area is 132 Å². The van der Waals surface area contributed by atoms with Gasteiger partial charge in [0.15, 0.2) is 10.2 Å². The molecular weight excluding hydrogens is 334 g/mol. The topological polar surface area (TPSA) is 83.7 Å². The lowest BCUT2D eigenvalue weighted by Gasteiger charge is -2.06. The van der Waals surface area contributed by atoms with Crippen molar-refractivity contribution in [3.8, 4) is 0 Å². The first-order valence-corrected chi connectivity index (χ1v) is 9.38. The molecule has 2 heterocycles. The third-order valence-electron chi connectivity index (χ3n) is 2.69. The maximum atomic E-state index is 12.3. The highest BCUT2D eigenvalue weighted by Crippen LogP contribution is 2.22. The quantitative estimate of drug-likeness (QED) is 0.703. The Balaban J connectivity index is 2.06. The molecule has 116 valence electrons. The minimum absolute atomic E-state index is 0.0402. The number of nitrogens with one attached hydrogen (secondary N) is 1. The van der Waals surface area contributed by atoms with E-state index in [4.69, 9.17) is 16.7 Å². The van der Waals surface area contributed by atoms with Crippen molar-refractivity contribution in [3.05, 3.63) is 29.5 Å². The number of hydrogen-bond acceptors (Lipinski definition) is 5. The standard InChI is InChI=1S/C12H16ClN3O3S2/c13-11-12(16-6-2-1-4-10(16)15-11)21(18,19)14-5-9-20-8-3-7-17/h1-2,4,6,14,17H,3,5,7-9H2. The van der Waals surface area contributed by atoms with Crippen LogP contribution in [0.4, 0.5) is 0 Å². The summed E-state index contributed by atoms with van der Waals surface area (Å²) in [5, 5.41) is 8.58. The average Bonchev–Trinajstić information content (AvgIpc) is 2.79. The fraction of sp³-hybridized carbons (Fsp3) is 0.417. The van der Waals surface area contributed by atoms with Crippen molar-refractivity contribution >= 4 is 39.0 Å². The van der Waals surface area contributed by atoms with Crippen molar-refractivity contribution in [3.63, 3.8) is 0 Å². The monoisotopic (exact) mass is 349 g/mol. The van der Waals surface area contributed by atoms with Gasteiger partial charge >= 0.3 is 0 Å². The number of nitrogens with zero attached hydrogens (tertiary/aromatic N) is 2. The Morgan fingerprint density at radius 1 is 1.38 bits per heavy atom. The number of halogens is 1. The molecule has 2 aromatic rings. The van der Waals surface area contributed by atoms with Gasteiger partial charge in [-0.25, -0.2) is 18.1 Å². The van der Waals surface area contributed by atoms with E-state index in [0.717, 1.165) is 5.75 Å². The van der Waals surface area contributed by atoms with Crippen LogP contribution >= 0.6 is 23.4 Å². The predicted molar refractivity (Wildman–Crippen MR) is 84.4 cm³/mol. The summed E-state index contributed by atoms with van der Waals surface area (Å²) in [4.78, 5) is 4.02. The maximum absolute atomic E-state index is 12.3. The normalized spacial score (nSPS) is 12.1. The number of imidazole rings is 1. The zero-order chi connectivity index (χ0) is 15.3. The van der Waals surface area contributed by atoms with Crippen LogP contribution in [0.1, 0.15) is 6.42 Å². The van der Waals surface area contributed by atoms with E-state index < -0.39 is 10.0 Å². The largest absolute Gasteiger partial charge is 0.396 e. The van der Waals surface area contributed by atoms with Gasteiger partial charge in [-0.1, -0.05) is 17.7 Å². The molecule has 0 unspecified atom stereocenters. The first-order chi connectivity index (χ1) is 10.1. The van der Waals surface area contributed by atoms with Crippen LogP contribution in [-0.2, 0) is 10.0 Å². The molecule has 9 heteroatoms. The van der Waals surface area contributed by atoms with Crippen molar-refractivity contribution in [2.75, 3.05) is 24.7 Å². The van der Waals surface area contributed by atoms with E-state index in [1.54, 1.807) is 36.2 Å². The van der Waals surface area contributed by atoms with Crippen molar-refractivity contribution < 1.29 is 13.5 Å². The Bertz CT molecular complexity index is 703. The number of thioether (sulfide) groups is 1. The molecule has 2 N–H and O–H groups in total. The third-order valence-corrected chi connectivity index (χ3v) is 5.62. The second-order valence-electron chi connectivity index (χ2n) is 4.22. The third kappa shape index (κ3) is 4.10. The van der Waals surface area contributed by atoms with Gasteiger partial charge in [-0.05, 0) is 24.3 Å². The summed E-state index contributed by atoms with van der Waals surface area (Å²) in [5.74, 6) is 1.43. The summed E-state index contributed by atoms with van der Waals surface area (Å²) in [5.41, 5.74) is 0.486. The smallest absolute Gasteiger partial charge is 0.259 e. The zero-order valence-electron chi connectivity index (χ0n) is 11.2. The fourth-order valence-corrected chi connectivity index (χ4v) is 4.35. The molecule has 0 aliphatic carbocycles. The fourth-order valence-electron chi connectivity index (χ4n) is 1.77. The van der Waals surface area contributed by atoms with Crippen LogP contribution < -0.4 is 4.72 Å². The summed E-state index contributed by atoms with van der Waals surface area (Å²) in [6, 6.07) is 5.17. The summed E-state index contributed by atoms with van der Waals surface area (Å²) in [6.07, 6.45) is 2.31. The van der Waals surface area contributed by atoms with Crippen molar-refractivity contribution in [2.24, 2.45) is 0 Å². The van der Waals surface area contributed by atoms with Crippen LogP contribution in [0.3, 0.4) is 0 Å². The van der Waals surface area contributed by atoms with Crippen LogP contribution in [0.5, 0.6) is 0 Å². The van der Waals surface area contributed by atoms with Crippen LogP contribution in [-0.4, -0.2) is 47.6 Å². The number of sulfonamides is 1. The van der Waals surface area contributed by atoms with Crippen LogP contribution in [0, 0.1) is 0 Å². The molecule has 0 saturated carbocycles. The molecule has 0 atom stereocenters. The van der Waals surface area contributed by atoms with Crippen molar-refractivity contribution in [1.82, 2.24) is 14.1 Å². The molecule has 2 aromatic heterocycles. The summed E-state index contributed by atoms with van der Waals surface area (Å²) in [6.45, 7) is 0.449. The molecule has 21 heavy (non-hydrogen) atoms. The van der Waals surface area contributed by atoms with Crippen LogP contribution in [0.15, 0.2) is 29.4 Å². The second kappa shape index (κ2) is 7.46. The first kappa shape index (κ1) is 16.6. The maximum Gasteiger partial charge on any atom is 0.259 e. The number of aliphatic hydroxyl groups excluding tert-OH is 1. The average molecular weight is 350 g/mol. The Hall–Kier alpha value is -0.800. The van der Waals surface area contributed by atoms with E-state index in [-0.39, 0.29) is 16.8 Å². The van der Waals surface area contributed by atoms with Gasteiger partial charge in [-0.15, -0.1) is 0 Å². The van der Waals surface area contributed by atoms with Gasteiger partial charge in [0.2, 0.25) is 0 Å². The molecule has 0 spiro atoms. The van der Waals surface area contributed by atoms with Gasteiger partial charge in [0.1, 0.15) is 5.65 Å². The van der Waals surface area contributed by atoms with Gasteiger partial charge in [0.05, 0.1) is 0 Å². The van der Waals surface area contributed by atoms with Gasteiger partial charge in [-0.3, -0.25) is 4.40 Å². The summed E-state index contributed by atoms with van der Waals surface area (Å²) < 4.78 is 28.6. The molecule has 2 rings (SSSR count). The number of fused-ring (bicyclic) bond motifs is 1. The molecule has 0 aromatic carbocycles. The van der Waals surface area contributed by atoms with Crippen molar-refractivity contribution in [1.29, 1.82) is 0 Å². The lowest BCUT2D eigenvalue weighted by molar-refractivity contribution is 0.296. The highest BCUT2D eigenvalue weighted by molar-refractivity contribution is 7.99. The molecule has 6 nitrogen and oxygen atoms in total. The molecule has 0 fully saturated rings. The van der Waals surface area contributed by atoms with Gasteiger partial charge < -0.3 is 5.11 Å². The molecule has 0 aliphatic heterocycles. The molecule has 0 aliphatic rings. The van der Waals surface area contributed by atoms with Gasteiger partial charge in [0.25, 0.3) is 10.0 Å². The zero-order valence-corrected chi connectivity index (χ0v) is 13.6. The van der Waals surface area contributed by atoms with E-state index >= 15 is 0 Å². The Morgan fingerprint density at radius 2 is 2.19 bits per heavy atom. The van der Waals surface area contributed by atoms with E-state index in [1.165, 1.54) is 4.40 Å². The van der Waals surface area contributed by atoms with Gasteiger partial charge in [0, 0.05) is 25.1 Å². The van der Waals surface area contributed by atoms with E-state index in [1.807, 2.05) is 0 Å². The molecule has 0 bridgehead atoms. The lowest BCUT2D eigenvalue weighted by Crippen LogP contribution is -2.27. The highest BCUT2D eigenvalue weighted by atomic mass is 35.5. The first-order valence-electron chi connectivity index (χ1n) is 6.37. The molecule has 0 amide bonds. The number of aromatic nitrogens is 2. The number of rotatable bonds is 8. The number of hydrogen-bond donors (Lipinski definition) is 2.